The Bertz CT molecular complexity index is 636. The molecule has 0 amide bonds. The smallest absolute Gasteiger partial charge is 0.245 e. The molecule has 2 rings (SSSR count). The number of sulfonamides is 1. The second-order valence-electron chi connectivity index (χ2n) is 4.60. The maximum absolute atomic E-state index is 12.7. The minimum absolute atomic E-state index is 0.0884. The van der Waals surface area contributed by atoms with Crippen LogP contribution in [0, 0.1) is 0 Å². The van der Waals surface area contributed by atoms with Gasteiger partial charge in [-0.25, -0.2) is 8.42 Å². The van der Waals surface area contributed by atoms with Crippen LogP contribution in [0.25, 0.3) is 0 Å². The minimum atomic E-state index is -3.69. The first-order chi connectivity index (χ1) is 9.34. The minimum Gasteiger partial charge on any atom is -0.392 e. The summed E-state index contributed by atoms with van der Waals surface area (Å²) < 4.78 is 27.6. The van der Waals surface area contributed by atoms with Gasteiger partial charge >= 0.3 is 0 Å². The molecule has 1 aromatic rings. The molecule has 2 N–H and O–H groups in total. The number of benzene rings is 1. The predicted octanol–water partition coefficient (Wildman–Crippen LogP) is 2.93. The van der Waals surface area contributed by atoms with Gasteiger partial charge in [0.2, 0.25) is 10.0 Å². The van der Waals surface area contributed by atoms with Crippen LogP contribution in [0.2, 0.25) is 5.02 Å². The van der Waals surface area contributed by atoms with Crippen molar-refractivity contribution in [3.63, 3.8) is 0 Å². The molecule has 4 nitrogen and oxygen atoms in total. The Morgan fingerprint density at radius 1 is 1.45 bits per heavy atom. The second-order valence-corrected chi connectivity index (χ2v) is 8.26. The normalized spacial score (nSPS) is 20.8. The van der Waals surface area contributed by atoms with Crippen molar-refractivity contribution >= 4 is 54.8 Å². The fourth-order valence-electron chi connectivity index (χ4n) is 2.29. The summed E-state index contributed by atoms with van der Waals surface area (Å²) in [5, 5.41) is 0.187. The van der Waals surface area contributed by atoms with E-state index < -0.39 is 16.1 Å². The summed E-state index contributed by atoms with van der Waals surface area (Å²) in [4.78, 5) is 0.298. The SMILES string of the molecule is NC(=S)C1CCCCN1S(=O)(=O)c1ccc(Br)cc1Cl. The van der Waals surface area contributed by atoms with Crippen LogP contribution in [-0.2, 0) is 10.0 Å². The molecule has 20 heavy (non-hydrogen) atoms. The van der Waals surface area contributed by atoms with Crippen molar-refractivity contribution < 1.29 is 8.42 Å². The van der Waals surface area contributed by atoms with E-state index in [0.717, 1.165) is 17.3 Å². The van der Waals surface area contributed by atoms with E-state index in [-0.39, 0.29) is 14.9 Å². The van der Waals surface area contributed by atoms with Gasteiger partial charge in [-0.15, -0.1) is 0 Å². The molecule has 1 atom stereocenters. The van der Waals surface area contributed by atoms with Crippen LogP contribution in [0.4, 0.5) is 0 Å². The van der Waals surface area contributed by atoms with Crippen LogP contribution in [0.5, 0.6) is 0 Å². The van der Waals surface area contributed by atoms with E-state index in [1.54, 1.807) is 12.1 Å². The fraction of sp³-hybridized carbons (Fsp3) is 0.417. The summed E-state index contributed by atoms with van der Waals surface area (Å²) in [6.07, 6.45) is 2.37. The first-order valence-corrected chi connectivity index (χ1v) is 9.12. The van der Waals surface area contributed by atoms with Crippen LogP contribution in [-0.4, -0.2) is 30.3 Å². The molecule has 1 fully saturated rings. The summed E-state index contributed by atoms with van der Waals surface area (Å²) in [5.41, 5.74) is 5.68. The zero-order chi connectivity index (χ0) is 14.9. The van der Waals surface area contributed by atoms with Crippen LogP contribution in [0.15, 0.2) is 27.6 Å². The highest BCUT2D eigenvalue weighted by molar-refractivity contribution is 9.10. The van der Waals surface area contributed by atoms with Crippen molar-refractivity contribution in [1.82, 2.24) is 4.31 Å². The van der Waals surface area contributed by atoms with Crippen LogP contribution < -0.4 is 5.73 Å². The Hall–Kier alpha value is -0.210. The number of nitrogens with two attached hydrogens (primary N) is 1. The lowest BCUT2D eigenvalue weighted by Gasteiger charge is -2.34. The highest BCUT2D eigenvalue weighted by atomic mass is 79.9. The summed E-state index contributed by atoms with van der Waals surface area (Å²) >= 11 is 14.3. The van der Waals surface area contributed by atoms with E-state index in [0.29, 0.717) is 13.0 Å². The maximum Gasteiger partial charge on any atom is 0.245 e. The lowest BCUT2D eigenvalue weighted by molar-refractivity contribution is 0.306. The quantitative estimate of drug-likeness (QED) is 0.797. The Morgan fingerprint density at radius 2 is 2.15 bits per heavy atom. The van der Waals surface area contributed by atoms with E-state index in [1.165, 1.54) is 10.4 Å². The predicted molar refractivity (Wildman–Crippen MR) is 87.5 cm³/mol. The van der Waals surface area contributed by atoms with E-state index in [9.17, 15) is 8.42 Å². The van der Waals surface area contributed by atoms with Gasteiger partial charge in [0, 0.05) is 11.0 Å². The third-order valence-electron chi connectivity index (χ3n) is 3.26. The van der Waals surface area contributed by atoms with Gasteiger partial charge in [0.1, 0.15) is 4.90 Å². The Morgan fingerprint density at radius 3 is 2.75 bits per heavy atom. The van der Waals surface area contributed by atoms with E-state index in [4.69, 9.17) is 29.6 Å². The molecular weight excluding hydrogens is 384 g/mol. The molecule has 1 aliphatic rings. The molecule has 0 bridgehead atoms. The van der Waals surface area contributed by atoms with Crippen molar-refractivity contribution in [2.24, 2.45) is 5.73 Å². The maximum atomic E-state index is 12.7. The summed E-state index contributed by atoms with van der Waals surface area (Å²) in [6, 6.07) is 4.28. The Balaban J connectivity index is 2.45. The van der Waals surface area contributed by atoms with Gasteiger partial charge in [-0.05, 0) is 31.0 Å². The van der Waals surface area contributed by atoms with Gasteiger partial charge < -0.3 is 5.73 Å². The highest BCUT2D eigenvalue weighted by Gasteiger charge is 2.36. The Kier molecular flexibility index (Phi) is 5.07. The first kappa shape index (κ1) is 16.2. The molecule has 1 aliphatic heterocycles. The number of piperidine rings is 1. The molecule has 0 aromatic heterocycles. The van der Waals surface area contributed by atoms with Crippen molar-refractivity contribution in [1.29, 1.82) is 0 Å². The first-order valence-electron chi connectivity index (χ1n) is 6.10. The molecule has 110 valence electrons. The van der Waals surface area contributed by atoms with Crippen molar-refractivity contribution in [2.45, 2.75) is 30.2 Å². The number of rotatable bonds is 3. The molecule has 0 aliphatic carbocycles. The molecule has 0 spiro atoms. The molecule has 0 saturated carbocycles. The molecule has 1 unspecified atom stereocenters. The van der Waals surface area contributed by atoms with Crippen molar-refractivity contribution in [3.05, 3.63) is 27.7 Å². The lowest BCUT2D eigenvalue weighted by Crippen LogP contribution is -2.49. The second kappa shape index (κ2) is 6.27. The van der Waals surface area contributed by atoms with Crippen LogP contribution >= 0.6 is 39.7 Å². The summed E-state index contributed by atoms with van der Waals surface area (Å²) in [5.74, 6) is 0. The van der Waals surface area contributed by atoms with Gasteiger partial charge in [-0.2, -0.15) is 4.31 Å². The number of thiocarbonyl (C=S) groups is 1. The molecule has 0 radical (unpaired) electrons. The zero-order valence-corrected chi connectivity index (χ0v) is 14.5. The Labute approximate surface area is 137 Å². The number of hydrogen-bond donors (Lipinski definition) is 1. The topological polar surface area (TPSA) is 63.4 Å². The molecule has 8 heteroatoms. The zero-order valence-electron chi connectivity index (χ0n) is 10.6. The molecule has 1 saturated heterocycles. The number of halogens is 2. The number of nitrogens with zero attached hydrogens (tertiary/aromatic N) is 1. The van der Waals surface area contributed by atoms with E-state index in [1.807, 2.05) is 0 Å². The summed E-state index contributed by atoms with van der Waals surface area (Å²) in [6.45, 7) is 0.413. The van der Waals surface area contributed by atoms with Gasteiger partial charge in [0.15, 0.2) is 0 Å². The fourth-order valence-corrected chi connectivity index (χ4v) is 5.29. The molecular formula is C12H14BrClN2O2S2. The molecule has 1 aromatic carbocycles. The monoisotopic (exact) mass is 396 g/mol. The largest absolute Gasteiger partial charge is 0.392 e. The van der Waals surface area contributed by atoms with Crippen LogP contribution in [0.1, 0.15) is 19.3 Å². The molecule has 1 heterocycles. The standard InChI is InChI=1S/C12H14BrClN2O2S2/c13-8-4-5-11(9(14)7-8)20(17,18)16-6-2-1-3-10(16)12(15)19/h4-5,7,10H,1-3,6H2,(H2,15,19). The average Bonchev–Trinajstić information content (AvgIpc) is 2.38. The summed E-state index contributed by atoms with van der Waals surface area (Å²) in [7, 11) is -3.69. The average molecular weight is 398 g/mol. The third-order valence-corrected chi connectivity index (χ3v) is 6.42. The van der Waals surface area contributed by atoms with E-state index in [2.05, 4.69) is 15.9 Å². The van der Waals surface area contributed by atoms with Crippen LogP contribution in [0.3, 0.4) is 0 Å². The lowest BCUT2D eigenvalue weighted by atomic mass is 10.1. The third kappa shape index (κ3) is 3.17. The highest BCUT2D eigenvalue weighted by Crippen LogP contribution is 2.31. The van der Waals surface area contributed by atoms with Gasteiger partial charge in [-0.3, -0.25) is 0 Å². The van der Waals surface area contributed by atoms with Gasteiger partial charge in [-0.1, -0.05) is 46.2 Å². The van der Waals surface area contributed by atoms with Gasteiger partial charge in [0.25, 0.3) is 0 Å². The van der Waals surface area contributed by atoms with Gasteiger partial charge in [0.05, 0.1) is 16.1 Å². The van der Waals surface area contributed by atoms with E-state index >= 15 is 0 Å². The van der Waals surface area contributed by atoms with Crippen molar-refractivity contribution in [3.8, 4) is 0 Å². The van der Waals surface area contributed by atoms with Crippen molar-refractivity contribution in [2.75, 3.05) is 6.54 Å². The number of hydrogen-bond acceptors (Lipinski definition) is 3.